The van der Waals surface area contributed by atoms with E-state index < -0.39 is 0 Å². The second-order valence-corrected chi connectivity index (χ2v) is 16.2. The molecule has 286 valence electrons. The molecule has 0 fully saturated rings. The van der Waals surface area contributed by atoms with E-state index in [-0.39, 0.29) is 0 Å². The first-order chi connectivity index (χ1) is 30.2. The Bertz CT molecular complexity index is 3200. The molecule has 8 aromatic carbocycles. The molecule has 0 spiro atoms. The number of rotatable bonds is 8. The summed E-state index contributed by atoms with van der Waals surface area (Å²) in [7, 11) is 0. The molecule has 0 atom stereocenters. The molecular weight excluding hydrogens is 759 g/mol. The van der Waals surface area contributed by atoms with Crippen molar-refractivity contribution < 1.29 is 0 Å². The van der Waals surface area contributed by atoms with E-state index in [9.17, 15) is 0 Å². The smallest absolute Gasteiger partial charge is 0.160 e. The van der Waals surface area contributed by atoms with Crippen molar-refractivity contribution in [3.8, 4) is 89.0 Å². The minimum Gasteiger partial charge on any atom is -0.246 e. The number of aromatic nitrogens is 3. The predicted octanol–water partition coefficient (Wildman–Crippen LogP) is 15.6. The summed E-state index contributed by atoms with van der Waals surface area (Å²) >= 11 is 1.83. The Labute approximate surface area is 359 Å². The van der Waals surface area contributed by atoms with Crippen LogP contribution in [0.1, 0.15) is 0 Å². The van der Waals surface area contributed by atoms with Crippen LogP contribution in [0.15, 0.2) is 224 Å². The molecule has 61 heavy (non-hydrogen) atoms. The number of hydrogen-bond donors (Lipinski definition) is 0. The lowest BCUT2D eigenvalue weighted by Gasteiger charge is -2.13. The largest absolute Gasteiger partial charge is 0.246 e. The molecule has 0 unspecified atom stereocenters. The highest BCUT2D eigenvalue weighted by Gasteiger charge is 2.23. The average molecular weight is 796 g/mol. The third-order valence-corrected chi connectivity index (χ3v) is 12.5. The van der Waals surface area contributed by atoms with E-state index in [1.807, 2.05) is 35.6 Å². The molecule has 0 aliphatic heterocycles. The number of thiophene rings is 1. The van der Waals surface area contributed by atoms with Gasteiger partial charge in [-0.05, 0) is 63.7 Å². The number of pyridine rings is 1. The Balaban J connectivity index is 1.16. The van der Waals surface area contributed by atoms with Gasteiger partial charge in [0, 0.05) is 43.5 Å². The van der Waals surface area contributed by atoms with Crippen molar-refractivity contribution in [1.29, 1.82) is 0 Å². The van der Waals surface area contributed by atoms with E-state index in [0.29, 0.717) is 5.82 Å². The standard InChI is InChI=1S/C57H37N3S/c1-6-18-38(19-7-1)45-34-46(39-20-8-2-9-21-39)36-47(35-45)55-52(53-48-28-16-17-29-49(48)58-54(56(53)61-55)43-24-12-4-13-25-43)42-32-30-41(31-33-42)51-37-50(40-22-10-3-11-23-40)59-57(60-51)44-26-14-5-15-27-44/h1-37H. The third-order valence-electron chi connectivity index (χ3n) is 11.3. The summed E-state index contributed by atoms with van der Waals surface area (Å²) in [4.78, 5) is 16.8. The fourth-order valence-electron chi connectivity index (χ4n) is 8.31. The first-order valence-corrected chi connectivity index (χ1v) is 21.3. The van der Waals surface area contributed by atoms with Crippen LogP contribution in [0.2, 0.25) is 0 Å². The Kier molecular flexibility index (Phi) is 9.38. The third kappa shape index (κ3) is 6.99. The SMILES string of the molecule is c1ccc(-c2cc(-c3ccccc3)cc(-c3sc4c(-c5ccccc5)nc5ccccc5c4c3-c3ccc(-c4cc(-c5ccccc5)nc(-c5ccccc5)n4)cc3)c2)cc1. The van der Waals surface area contributed by atoms with Crippen LogP contribution in [0.25, 0.3) is 110 Å². The minimum absolute atomic E-state index is 0.701. The highest BCUT2D eigenvalue weighted by molar-refractivity contribution is 7.23. The quantitative estimate of drug-likeness (QED) is 0.154. The second-order valence-electron chi connectivity index (χ2n) is 15.2. The van der Waals surface area contributed by atoms with Crippen molar-refractivity contribution in [2.45, 2.75) is 0 Å². The van der Waals surface area contributed by atoms with Crippen LogP contribution in [-0.2, 0) is 0 Å². The average Bonchev–Trinajstić information content (AvgIpc) is 3.76. The lowest BCUT2D eigenvalue weighted by Crippen LogP contribution is -1.95. The number of fused-ring (bicyclic) bond motifs is 3. The maximum Gasteiger partial charge on any atom is 0.160 e. The van der Waals surface area contributed by atoms with Gasteiger partial charge in [-0.2, -0.15) is 0 Å². The molecule has 0 amide bonds. The molecule has 0 radical (unpaired) electrons. The Morgan fingerprint density at radius 1 is 0.311 bits per heavy atom. The number of benzene rings is 8. The molecule has 3 aromatic heterocycles. The summed E-state index contributed by atoms with van der Waals surface area (Å²) in [5.74, 6) is 0.701. The Morgan fingerprint density at radius 2 is 0.754 bits per heavy atom. The van der Waals surface area contributed by atoms with Crippen LogP contribution in [0.4, 0.5) is 0 Å². The van der Waals surface area contributed by atoms with Crippen LogP contribution in [-0.4, -0.2) is 15.0 Å². The van der Waals surface area contributed by atoms with Crippen LogP contribution >= 0.6 is 11.3 Å². The molecule has 3 heterocycles. The maximum absolute atomic E-state index is 5.36. The first-order valence-electron chi connectivity index (χ1n) is 20.5. The van der Waals surface area contributed by atoms with E-state index in [4.69, 9.17) is 15.0 Å². The van der Waals surface area contributed by atoms with Gasteiger partial charge in [0.1, 0.15) is 0 Å². The molecule has 11 aromatic rings. The van der Waals surface area contributed by atoms with Gasteiger partial charge >= 0.3 is 0 Å². The summed E-state index contributed by atoms with van der Waals surface area (Å²) in [6.45, 7) is 0. The number of hydrogen-bond acceptors (Lipinski definition) is 4. The topological polar surface area (TPSA) is 38.7 Å². The molecule has 0 saturated heterocycles. The maximum atomic E-state index is 5.36. The first kappa shape index (κ1) is 36.3. The van der Waals surface area contributed by atoms with Crippen LogP contribution in [0.5, 0.6) is 0 Å². The number of nitrogens with zero attached hydrogens (tertiary/aromatic N) is 3. The van der Waals surface area contributed by atoms with Gasteiger partial charge in [0.15, 0.2) is 5.82 Å². The van der Waals surface area contributed by atoms with E-state index in [1.165, 1.54) is 48.3 Å². The Morgan fingerprint density at radius 3 is 1.33 bits per heavy atom. The summed E-state index contributed by atoms with van der Waals surface area (Å²) in [6.07, 6.45) is 0. The second kappa shape index (κ2) is 15.8. The van der Waals surface area contributed by atoms with Crippen LogP contribution < -0.4 is 0 Å². The highest BCUT2D eigenvalue weighted by atomic mass is 32.1. The number of para-hydroxylation sites is 1. The lowest BCUT2D eigenvalue weighted by atomic mass is 9.91. The van der Waals surface area contributed by atoms with Gasteiger partial charge < -0.3 is 0 Å². The molecule has 11 rings (SSSR count). The van der Waals surface area contributed by atoms with Crippen molar-refractivity contribution in [3.63, 3.8) is 0 Å². The summed E-state index contributed by atoms with van der Waals surface area (Å²) in [6, 6.07) is 79.3. The monoisotopic (exact) mass is 795 g/mol. The van der Waals surface area contributed by atoms with E-state index >= 15 is 0 Å². The van der Waals surface area contributed by atoms with Crippen molar-refractivity contribution in [3.05, 3.63) is 224 Å². The van der Waals surface area contributed by atoms with E-state index in [2.05, 4.69) is 200 Å². The fraction of sp³-hybridized carbons (Fsp3) is 0. The molecule has 3 nitrogen and oxygen atoms in total. The van der Waals surface area contributed by atoms with Gasteiger partial charge in [-0.15, -0.1) is 11.3 Å². The Hall–Kier alpha value is -7.79. The van der Waals surface area contributed by atoms with Gasteiger partial charge in [-0.1, -0.05) is 194 Å². The van der Waals surface area contributed by atoms with Gasteiger partial charge in [-0.25, -0.2) is 15.0 Å². The van der Waals surface area contributed by atoms with Crippen LogP contribution in [0, 0.1) is 0 Å². The lowest BCUT2D eigenvalue weighted by molar-refractivity contribution is 1.18. The van der Waals surface area contributed by atoms with Crippen molar-refractivity contribution in [1.82, 2.24) is 15.0 Å². The van der Waals surface area contributed by atoms with Crippen LogP contribution in [0.3, 0.4) is 0 Å². The van der Waals surface area contributed by atoms with Gasteiger partial charge in [0.05, 0.1) is 27.3 Å². The zero-order chi connectivity index (χ0) is 40.5. The molecule has 0 saturated carbocycles. The molecule has 4 heteroatoms. The highest BCUT2D eigenvalue weighted by Crippen LogP contribution is 2.51. The molecule has 0 aliphatic rings. The van der Waals surface area contributed by atoms with E-state index in [0.717, 1.165) is 55.8 Å². The summed E-state index contributed by atoms with van der Waals surface area (Å²) in [5.41, 5.74) is 16.1. The summed E-state index contributed by atoms with van der Waals surface area (Å²) in [5, 5.41) is 2.35. The van der Waals surface area contributed by atoms with Gasteiger partial charge in [0.25, 0.3) is 0 Å². The molecule has 0 bridgehead atoms. The normalized spacial score (nSPS) is 11.3. The zero-order valence-corrected chi connectivity index (χ0v) is 33.9. The summed E-state index contributed by atoms with van der Waals surface area (Å²) < 4.78 is 1.17. The molecule has 0 N–H and O–H groups in total. The van der Waals surface area contributed by atoms with Crippen molar-refractivity contribution >= 4 is 32.3 Å². The zero-order valence-electron chi connectivity index (χ0n) is 33.1. The fourth-order valence-corrected chi connectivity index (χ4v) is 9.64. The predicted molar refractivity (Wildman–Crippen MR) is 256 cm³/mol. The van der Waals surface area contributed by atoms with Crippen molar-refractivity contribution in [2.24, 2.45) is 0 Å². The van der Waals surface area contributed by atoms with Gasteiger partial charge in [-0.3, -0.25) is 0 Å². The molecular formula is C57H37N3S. The van der Waals surface area contributed by atoms with E-state index in [1.54, 1.807) is 0 Å². The van der Waals surface area contributed by atoms with Gasteiger partial charge in [0.2, 0.25) is 0 Å². The molecule has 0 aliphatic carbocycles. The van der Waals surface area contributed by atoms with Crippen molar-refractivity contribution in [2.75, 3.05) is 0 Å². The minimum atomic E-state index is 0.701.